The van der Waals surface area contributed by atoms with E-state index >= 15 is 0 Å². The van der Waals surface area contributed by atoms with Crippen molar-refractivity contribution in [1.29, 1.82) is 0 Å². The van der Waals surface area contributed by atoms with E-state index in [9.17, 15) is 5.11 Å². The molecule has 0 aromatic rings. The molecule has 3 N–H and O–H groups in total. The van der Waals surface area contributed by atoms with Gasteiger partial charge in [0.1, 0.15) is 0 Å². The van der Waals surface area contributed by atoms with Crippen LogP contribution in [0.1, 0.15) is 52.4 Å². The van der Waals surface area contributed by atoms with Gasteiger partial charge in [0.2, 0.25) is 0 Å². The largest absolute Gasteiger partial charge is 0.392 e. The van der Waals surface area contributed by atoms with Gasteiger partial charge < -0.3 is 10.8 Å². The molecular weight excluding hydrogens is 210 g/mol. The Hall–Kier alpha value is -0.340. The molecule has 98 valence electrons. The van der Waals surface area contributed by atoms with E-state index in [0.29, 0.717) is 18.4 Å². The third-order valence-corrected chi connectivity index (χ3v) is 4.91. The average molecular weight is 237 g/mol. The summed E-state index contributed by atoms with van der Waals surface area (Å²) in [7, 11) is 0. The fourth-order valence-electron chi connectivity index (χ4n) is 4.04. The van der Waals surface area contributed by atoms with Crippen LogP contribution in [-0.4, -0.2) is 17.8 Å². The van der Waals surface area contributed by atoms with Crippen LogP contribution in [0, 0.1) is 17.3 Å². The summed E-state index contributed by atoms with van der Waals surface area (Å²) >= 11 is 0. The highest BCUT2D eigenvalue weighted by molar-refractivity contribution is 5.09. The molecule has 0 aromatic carbocycles. The molecule has 17 heavy (non-hydrogen) atoms. The second-order valence-electron chi connectivity index (χ2n) is 6.41. The van der Waals surface area contributed by atoms with E-state index in [1.165, 1.54) is 18.4 Å². The zero-order valence-corrected chi connectivity index (χ0v) is 11.3. The maximum absolute atomic E-state index is 10.8. The second-order valence-corrected chi connectivity index (χ2v) is 6.41. The minimum atomic E-state index is -0.193. The quantitative estimate of drug-likeness (QED) is 0.741. The number of hydrogen-bond acceptors (Lipinski definition) is 2. The smallest absolute Gasteiger partial charge is 0.0639 e. The number of allylic oxidation sites excluding steroid dienone is 2. The van der Waals surface area contributed by atoms with E-state index in [-0.39, 0.29) is 11.5 Å². The van der Waals surface area contributed by atoms with Crippen LogP contribution in [0.2, 0.25) is 0 Å². The van der Waals surface area contributed by atoms with Crippen LogP contribution in [-0.2, 0) is 0 Å². The van der Waals surface area contributed by atoms with Crippen LogP contribution in [0.15, 0.2) is 11.6 Å². The number of nitrogens with two attached hydrogens (primary N) is 1. The normalized spacial score (nSPS) is 34.5. The third-order valence-electron chi connectivity index (χ3n) is 4.91. The summed E-state index contributed by atoms with van der Waals surface area (Å²) in [5.74, 6) is 1.04. The van der Waals surface area contributed by atoms with Gasteiger partial charge in [-0.1, -0.05) is 31.4 Å². The fraction of sp³-hybridized carbons (Fsp3) is 0.867. The first kappa shape index (κ1) is 13.1. The van der Waals surface area contributed by atoms with Gasteiger partial charge in [0.15, 0.2) is 0 Å². The zero-order chi connectivity index (χ0) is 12.5. The van der Waals surface area contributed by atoms with Crippen LogP contribution < -0.4 is 5.73 Å². The monoisotopic (exact) mass is 237 g/mol. The lowest BCUT2D eigenvalue weighted by atomic mass is 9.69. The molecule has 2 nitrogen and oxygen atoms in total. The molecule has 2 aliphatic carbocycles. The van der Waals surface area contributed by atoms with Crippen molar-refractivity contribution in [3.8, 4) is 0 Å². The van der Waals surface area contributed by atoms with Crippen molar-refractivity contribution in [2.75, 3.05) is 6.54 Å². The minimum Gasteiger partial charge on any atom is -0.392 e. The van der Waals surface area contributed by atoms with Gasteiger partial charge in [-0.15, -0.1) is 0 Å². The average Bonchev–Trinajstić information content (AvgIpc) is 2.76. The lowest BCUT2D eigenvalue weighted by molar-refractivity contribution is -0.0189. The van der Waals surface area contributed by atoms with Crippen LogP contribution in [0.5, 0.6) is 0 Å². The molecule has 0 heterocycles. The molecular formula is C15H27NO. The SMILES string of the molecule is CC1=CC(C)CC(C(O)C2(CN)CCCC2)C1. The number of aliphatic hydroxyl groups is 1. The van der Waals surface area contributed by atoms with Gasteiger partial charge in [-0.25, -0.2) is 0 Å². The van der Waals surface area contributed by atoms with Gasteiger partial charge in [-0.3, -0.25) is 0 Å². The van der Waals surface area contributed by atoms with E-state index in [4.69, 9.17) is 5.73 Å². The molecule has 2 aliphatic rings. The Labute approximate surface area is 105 Å². The Balaban J connectivity index is 2.09. The van der Waals surface area contributed by atoms with Gasteiger partial charge in [-0.2, -0.15) is 0 Å². The molecule has 0 bridgehead atoms. The van der Waals surface area contributed by atoms with Crippen molar-refractivity contribution in [2.24, 2.45) is 23.0 Å². The van der Waals surface area contributed by atoms with Gasteiger partial charge in [0.05, 0.1) is 6.10 Å². The summed E-state index contributed by atoms with van der Waals surface area (Å²) in [6, 6.07) is 0. The molecule has 2 rings (SSSR count). The summed E-state index contributed by atoms with van der Waals surface area (Å²) < 4.78 is 0. The maximum atomic E-state index is 10.8. The molecule has 3 unspecified atom stereocenters. The predicted octanol–water partition coefficient (Wildman–Crippen LogP) is 2.86. The Kier molecular flexibility index (Phi) is 3.94. The number of rotatable bonds is 3. The fourth-order valence-corrected chi connectivity index (χ4v) is 4.04. The number of hydrogen-bond donors (Lipinski definition) is 2. The summed E-state index contributed by atoms with van der Waals surface area (Å²) in [5, 5.41) is 10.8. The molecule has 0 saturated heterocycles. The molecule has 0 amide bonds. The van der Waals surface area contributed by atoms with Gasteiger partial charge >= 0.3 is 0 Å². The van der Waals surface area contributed by atoms with Crippen LogP contribution in [0.3, 0.4) is 0 Å². The molecule has 0 radical (unpaired) electrons. The highest BCUT2D eigenvalue weighted by atomic mass is 16.3. The summed E-state index contributed by atoms with van der Waals surface area (Å²) in [5.41, 5.74) is 7.44. The molecule has 1 fully saturated rings. The molecule has 0 aromatic heterocycles. The van der Waals surface area contributed by atoms with Crippen LogP contribution in [0.4, 0.5) is 0 Å². The van der Waals surface area contributed by atoms with Crippen molar-refractivity contribution in [2.45, 2.75) is 58.5 Å². The highest BCUT2D eigenvalue weighted by Crippen LogP contribution is 2.45. The maximum Gasteiger partial charge on any atom is 0.0639 e. The first-order valence-electron chi connectivity index (χ1n) is 7.13. The standard InChI is InChI=1S/C15H27NO/c1-11-7-12(2)9-13(8-11)14(17)15(10-16)5-3-4-6-15/h7,11,13-14,17H,3-6,8-10,16H2,1-2H3. The molecule has 0 spiro atoms. The summed E-state index contributed by atoms with van der Waals surface area (Å²) in [4.78, 5) is 0. The van der Waals surface area contributed by atoms with E-state index in [0.717, 1.165) is 25.7 Å². The summed E-state index contributed by atoms with van der Waals surface area (Å²) in [6.07, 6.45) is 9.08. The highest BCUT2D eigenvalue weighted by Gasteiger charge is 2.43. The molecule has 1 saturated carbocycles. The van der Waals surface area contributed by atoms with Crippen LogP contribution >= 0.6 is 0 Å². The van der Waals surface area contributed by atoms with E-state index in [1.807, 2.05) is 0 Å². The first-order chi connectivity index (χ1) is 8.07. The Bertz CT molecular complexity index is 291. The third kappa shape index (κ3) is 2.58. The molecule has 2 heteroatoms. The number of aliphatic hydroxyl groups excluding tert-OH is 1. The second kappa shape index (κ2) is 5.11. The van der Waals surface area contributed by atoms with Gasteiger partial charge in [-0.05, 0) is 44.4 Å². The van der Waals surface area contributed by atoms with Gasteiger partial charge in [0.25, 0.3) is 0 Å². The minimum absolute atomic E-state index is 0.0298. The van der Waals surface area contributed by atoms with E-state index in [2.05, 4.69) is 19.9 Å². The van der Waals surface area contributed by atoms with Crippen LogP contribution in [0.25, 0.3) is 0 Å². The van der Waals surface area contributed by atoms with E-state index in [1.54, 1.807) is 0 Å². The summed E-state index contributed by atoms with van der Waals surface area (Å²) in [6.45, 7) is 5.10. The first-order valence-corrected chi connectivity index (χ1v) is 7.13. The lowest BCUT2D eigenvalue weighted by Gasteiger charge is -2.40. The van der Waals surface area contributed by atoms with Crippen molar-refractivity contribution < 1.29 is 5.11 Å². The van der Waals surface area contributed by atoms with Crippen molar-refractivity contribution in [3.05, 3.63) is 11.6 Å². The lowest BCUT2D eigenvalue weighted by Crippen LogP contribution is -2.44. The van der Waals surface area contributed by atoms with Gasteiger partial charge in [0, 0.05) is 12.0 Å². The Morgan fingerprint density at radius 3 is 2.65 bits per heavy atom. The Morgan fingerprint density at radius 1 is 1.47 bits per heavy atom. The van der Waals surface area contributed by atoms with Crippen molar-refractivity contribution in [3.63, 3.8) is 0 Å². The Morgan fingerprint density at radius 2 is 2.12 bits per heavy atom. The van der Waals surface area contributed by atoms with Crippen molar-refractivity contribution in [1.82, 2.24) is 0 Å². The predicted molar refractivity (Wildman–Crippen MR) is 71.6 cm³/mol. The van der Waals surface area contributed by atoms with Crippen molar-refractivity contribution >= 4 is 0 Å². The molecule has 0 aliphatic heterocycles. The van der Waals surface area contributed by atoms with E-state index < -0.39 is 0 Å². The topological polar surface area (TPSA) is 46.2 Å². The zero-order valence-electron chi connectivity index (χ0n) is 11.3. The molecule has 3 atom stereocenters.